The van der Waals surface area contributed by atoms with Crippen molar-refractivity contribution in [2.75, 3.05) is 13.6 Å². The highest BCUT2D eigenvalue weighted by molar-refractivity contribution is 4.95. The predicted octanol–water partition coefficient (Wildman–Crippen LogP) is 1.85. The van der Waals surface area contributed by atoms with E-state index in [0.29, 0.717) is 12.0 Å². The van der Waals surface area contributed by atoms with Crippen molar-refractivity contribution >= 4 is 0 Å². The van der Waals surface area contributed by atoms with Crippen molar-refractivity contribution in [2.45, 2.75) is 44.9 Å². The van der Waals surface area contributed by atoms with Gasteiger partial charge < -0.3 is 4.74 Å². The van der Waals surface area contributed by atoms with Gasteiger partial charge in [-0.05, 0) is 39.2 Å². The third kappa shape index (κ3) is 1.01. The number of rotatable bonds is 0. The fourth-order valence-corrected chi connectivity index (χ4v) is 2.89. The van der Waals surface area contributed by atoms with Crippen molar-refractivity contribution in [3.63, 3.8) is 0 Å². The van der Waals surface area contributed by atoms with Crippen molar-refractivity contribution in [3.05, 3.63) is 0 Å². The first-order valence-electron chi connectivity index (χ1n) is 5.04. The molecule has 0 unspecified atom stereocenters. The first kappa shape index (κ1) is 8.52. The Morgan fingerprint density at radius 1 is 1.42 bits per heavy atom. The Labute approximate surface area is 74.9 Å². The summed E-state index contributed by atoms with van der Waals surface area (Å²) in [5.41, 5.74) is 0.111. The Balaban J connectivity index is 2.19. The van der Waals surface area contributed by atoms with Crippen LogP contribution in [-0.2, 0) is 4.74 Å². The zero-order valence-corrected chi connectivity index (χ0v) is 8.34. The van der Waals surface area contributed by atoms with E-state index < -0.39 is 0 Å². The molecule has 0 aromatic heterocycles. The molecule has 1 aliphatic heterocycles. The molecule has 2 fully saturated rings. The SMILES string of the molecule is C[C@H]1CN(C)[C@@]2(CCC[C@@H]2C)O1. The Bertz CT molecular complexity index is 183. The lowest BCUT2D eigenvalue weighted by Crippen LogP contribution is -2.44. The average molecular weight is 169 g/mol. The number of hydrogen-bond acceptors (Lipinski definition) is 2. The van der Waals surface area contributed by atoms with E-state index in [1.165, 1.54) is 19.3 Å². The molecule has 2 aliphatic rings. The van der Waals surface area contributed by atoms with Gasteiger partial charge in [0.15, 0.2) is 0 Å². The summed E-state index contributed by atoms with van der Waals surface area (Å²) in [6.45, 7) is 5.60. The van der Waals surface area contributed by atoms with E-state index in [1.807, 2.05) is 0 Å². The molecule has 1 saturated heterocycles. The Morgan fingerprint density at radius 2 is 2.17 bits per heavy atom. The fourth-order valence-electron chi connectivity index (χ4n) is 2.89. The topological polar surface area (TPSA) is 12.5 Å². The fraction of sp³-hybridized carbons (Fsp3) is 1.00. The quantitative estimate of drug-likeness (QED) is 0.549. The van der Waals surface area contributed by atoms with Gasteiger partial charge in [0.2, 0.25) is 0 Å². The molecular weight excluding hydrogens is 150 g/mol. The molecule has 0 bridgehead atoms. The molecule has 2 nitrogen and oxygen atoms in total. The Kier molecular flexibility index (Phi) is 1.92. The lowest BCUT2D eigenvalue weighted by molar-refractivity contribution is -0.114. The van der Waals surface area contributed by atoms with Crippen molar-refractivity contribution in [2.24, 2.45) is 5.92 Å². The van der Waals surface area contributed by atoms with E-state index in [0.717, 1.165) is 6.54 Å². The van der Waals surface area contributed by atoms with Crippen molar-refractivity contribution < 1.29 is 4.74 Å². The number of nitrogens with zero attached hydrogens (tertiary/aromatic N) is 1. The third-order valence-electron chi connectivity index (χ3n) is 3.52. The van der Waals surface area contributed by atoms with Gasteiger partial charge in [0.25, 0.3) is 0 Å². The van der Waals surface area contributed by atoms with Gasteiger partial charge in [0, 0.05) is 6.54 Å². The first-order chi connectivity index (χ1) is 5.65. The maximum absolute atomic E-state index is 6.06. The second kappa shape index (κ2) is 2.71. The van der Waals surface area contributed by atoms with Crippen LogP contribution < -0.4 is 0 Å². The van der Waals surface area contributed by atoms with Gasteiger partial charge in [-0.1, -0.05) is 6.92 Å². The van der Waals surface area contributed by atoms with Gasteiger partial charge in [-0.2, -0.15) is 0 Å². The summed E-state index contributed by atoms with van der Waals surface area (Å²) >= 11 is 0. The van der Waals surface area contributed by atoms with E-state index in [2.05, 4.69) is 25.8 Å². The van der Waals surface area contributed by atoms with Crippen LogP contribution in [-0.4, -0.2) is 30.3 Å². The summed E-state index contributed by atoms with van der Waals surface area (Å²) in [6.07, 6.45) is 4.32. The Morgan fingerprint density at radius 3 is 2.58 bits per heavy atom. The molecule has 2 heteroatoms. The van der Waals surface area contributed by atoms with Gasteiger partial charge in [-0.3, -0.25) is 4.90 Å². The second-order valence-electron chi connectivity index (χ2n) is 4.45. The van der Waals surface area contributed by atoms with E-state index in [-0.39, 0.29) is 5.72 Å². The van der Waals surface area contributed by atoms with Gasteiger partial charge in [-0.25, -0.2) is 0 Å². The largest absolute Gasteiger partial charge is 0.356 e. The number of ether oxygens (including phenoxy) is 1. The van der Waals surface area contributed by atoms with Crippen LogP contribution in [0.3, 0.4) is 0 Å². The first-order valence-corrected chi connectivity index (χ1v) is 5.04. The van der Waals surface area contributed by atoms with E-state index in [1.54, 1.807) is 0 Å². The standard InChI is InChI=1S/C10H19NO/c1-8-5-4-6-10(8)11(3)7-9(2)12-10/h8-9H,4-7H2,1-3H3/t8-,9-,10-/m0/s1. The zero-order chi connectivity index (χ0) is 8.77. The lowest BCUT2D eigenvalue weighted by Gasteiger charge is -2.34. The highest BCUT2D eigenvalue weighted by atomic mass is 16.5. The molecule has 0 amide bonds. The molecule has 1 heterocycles. The van der Waals surface area contributed by atoms with Crippen LogP contribution in [0.4, 0.5) is 0 Å². The van der Waals surface area contributed by atoms with Gasteiger partial charge in [0.05, 0.1) is 6.10 Å². The zero-order valence-electron chi connectivity index (χ0n) is 8.34. The molecule has 3 atom stereocenters. The minimum Gasteiger partial charge on any atom is -0.356 e. The normalized spacial score (nSPS) is 49.2. The van der Waals surface area contributed by atoms with Crippen LogP contribution >= 0.6 is 0 Å². The van der Waals surface area contributed by atoms with Crippen LogP contribution in [0.2, 0.25) is 0 Å². The summed E-state index contributed by atoms with van der Waals surface area (Å²) in [7, 11) is 2.20. The second-order valence-corrected chi connectivity index (χ2v) is 4.45. The monoisotopic (exact) mass is 169 g/mol. The molecule has 2 rings (SSSR count). The van der Waals surface area contributed by atoms with E-state index in [4.69, 9.17) is 4.74 Å². The van der Waals surface area contributed by atoms with Crippen LogP contribution in [0.25, 0.3) is 0 Å². The predicted molar refractivity (Wildman–Crippen MR) is 48.9 cm³/mol. The molecule has 1 spiro atoms. The van der Waals surface area contributed by atoms with Crippen molar-refractivity contribution in [3.8, 4) is 0 Å². The molecule has 0 radical (unpaired) electrons. The molecular formula is C10H19NO. The van der Waals surface area contributed by atoms with Crippen LogP contribution in [0.15, 0.2) is 0 Å². The van der Waals surface area contributed by atoms with Crippen molar-refractivity contribution in [1.29, 1.82) is 0 Å². The van der Waals surface area contributed by atoms with E-state index in [9.17, 15) is 0 Å². The van der Waals surface area contributed by atoms with E-state index >= 15 is 0 Å². The Hall–Kier alpha value is -0.0800. The lowest BCUT2D eigenvalue weighted by atomic mass is 10.0. The molecule has 0 N–H and O–H groups in total. The summed E-state index contributed by atoms with van der Waals surface area (Å²) < 4.78 is 6.06. The van der Waals surface area contributed by atoms with Crippen LogP contribution in [0, 0.1) is 5.92 Å². The summed E-state index contributed by atoms with van der Waals surface area (Å²) in [6, 6.07) is 0. The summed E-state index contributed by atoms with van der Waals surface area (Å²) in [5, 5.41) is 0. The smallest absolute Gasteiger partial charge is 0.124 e. The number of likely N-dealkylation sites (N-methyl/N-ethyl adjacent to an activating group) is 1. The van der Waals surface area contributed by atoms with Crippen LogP contribution in [0.5, 0.6) is 0 Å². The molecule has 1 aliphatic carbocycles. The highest BCUT2D eigenvalue weighted by Crippen LogP contribution is 2.44. The minimum absolute atomic E-state index is 0.111. The molecule has 1 saturated carbocycles. The maximum Gasteiger partial charge on any atom is 0.124 e. The van der Waals surface area contributed by atoms with Crippen LogP contribution in [0.1, 0.15) is 33.1 Å². The van der Waals surface area contributed by atoms with Crippen molar-refractivity contribution in [1.82, 2.24) is 4.90 Å². The molecule has 0 aromatic carbocycles. The average Bonchev–Trinajstić information content (AvgIpc) is 2.44. The minimum atomic E-state index is 0.111. The van der Waals surface area contributed by atoms with Gasteiger partial charge in [0.1, 0.15) is 5.72 Å². The summed E-state index contributed by atoms with van der Waals surface area (Å²) in [4.78, 5) is 2.41. The molecule has 70 valence electrons. The highest BCUT2D eigenvalue weighted by Gasteiger charge is 2.49. The molecule has 0 aromatic rings. The van der Waals surface area contributed by atoms with Gasteiger partial charge in [-0.15, -0.1) is 0 Å². The third-order valence-corrected chi connectivity index (χ3v) is 3.52. The number of hydrogen-bond donors (Lipinski definition) is 0. The summed E-state index contributed by atoms with van der Waals surface area (Å²) in [5.74, 6) is 0.715. The maximum atomic E-state index is 6.06. The molecule has 12 heavy (non-hydrogen) atoms. The van der Waals surface area contributed by atoms with Gasteiger partial charge >= 0.3 is 0 Å².